The number of nitrogens with zero attached hydrogens (tertiary/aromatic N) is 4. The van der Waals surface area contributed by atoms with Crippen molar-refractivity contribution in [2.75, 3.05) is 0 Å². The van der Waals surface area contributed by atoms with Gasteiger partial charge in [0.05, 0.1) is 18.2 Å². The van der Waals surface area contributed by atoms with Crippen LogP contribution in [0.4, 0.5) is 0 Å². The van der Waals surface area contributed by atoms with Crippen molar-refractivity contribution in [1.29, 1.82) is 5.26 Å². The van der Waals surface area contributed by atoms with Gasteiger partial charge in [0.2, 0.25) is 0 Å². The Bertz CT molecular complexity index is 490. The normalized spacial score (nSPS) is 9.87. The zero-order valence-electron chi connectivity index (χ0n) is 8.38. The summed E-state index contributed by atoms with van der Waals surface area (Å²) in [6.07, 6.45) is 5.63. The Morgan fingerprint density at radius 2 is 2.27 bits per heavy atom. The van der Waals surface area contributed by atoms with E-state index >= 15 is 0 Å². The van der Waals surface area contributed by atoms with Gasteiger partial charge in [0.1, 0.15) is 12.1 Å². The first-order valence-corrected chi connectivity index (χ1v) is 4.62. The van der Waals surface area contributed by atoms with Crippen molar-refractivity contribution in [2.24, 2.45) is 0 Å². The summed E-state index contributed by atoms with van der Waals surface area (Å²) in [5.74, 6) is 0.817. The van der Waals surface area contributed by atoms with Crippen molar-refractivity contribution in [3.63, 3.8) is 0 Å². The molecule has 0 aromatic carbocycles. The highest BCUT2D eigenvalue weighted by atomic mass is 15.1. The molecule has 0 saturated heterocycles. The highest BCUT2D eigenvalue weighted by Crippen LogP contribution is 2.06. The van der Waals surface area contributed by atoms with Crippen molar-refractivity contribution >= 4 is 0 Å². The van der Waals surface area contributed by atoms with E-state index in [9.17, 15) is 0 Å². The number of hydrogen-bond acceptors (Lipinski definition) is 3. The summed E-state index contributed by atoms with van der Waals surface area (Å²) in [4.78, 5) is 8.37. The molecular formula is C11H10N4. The molecule has 0 aliphatic heterocycles. The molecule has 2 aromatic heterocycles. The molecule has 0 aliphatic carbocycles. The van der Waals surface area contributed by atoms with Gasteiger partial charge in [0.15, 0.2) is 0 Å². The average molecular weight is 198 g/mol. The van der Waals surface area contributed by atoms with Gasteiger partial charge in [-0.25, -0.2) is 9.97 Å². The van der Waals surface area contributed by atoms with Crippen LogP contribution in [0.15, 0.2) is 30.9 Å². The number of nitriles is 1. The number of aryl methyl sites for hydroxylation is 1. The summed E-state index contributed by atoms with van der Waals surface area (Å²) in [5.41, 5.74) is 1.89. The van der Waals surface area contributed by atoms with Crippen LogP contribution in [-0.4, -0.2) is 14.5 Å². The first-order valence-electron chi connectivity index (χ1n) is 4.62. The predicted octanol–water partition coefficient (Wildman–Crippen LogP) is 1.64. The molecule has 0 bridgehead atoms. The third kappa shape index (κ3) is 2.02. The van der Waals surface area contributed by atoms with Crippen molar-refractivity contribution in [2.45, 2.75) is 13.3 Å². The molecule has 0 amide bonds. The quantitative estimate of drug-likeness (QED) is 0.737. The second kappa shape index (κ2) is 3.93. The molecule has 2 aromatic rings. The molecule has 2 rings (SSSR count). The lowest BCUT2D eigenvalue weighted by atomic mass is 10.3. The number of imidazole rings is 1. The van der Waals surface area contributed by atoms with Gasteiger partial charge in [0.25, 0.3) is 0 Å². The maximum absolute atomic E-state index is 8.52. The van der Waals surface area contributed by atoms with Gasteiger partial charge in [0, 0.05) is 12.4 Å². The lowest BCUT2D eigenvalue weighted by Gasteiger charge is -1.99. The van der Waals surface area contributed by atoms with E-state index in [1.807, 2.05) is 29.8 Å². The fourth-order valence-corrected chi connectivity index (χ4v) is 1.27. The Morgan fingerprint density at radius 1 is 1.40 bits per heavy atom. The van der Waals surface area contributed by atoms with Gasteiger partial charge < -0.3 is 0 Å². The van der Waals surface area contributed by atoms with E-state index in [4.69, 9.17) is 5.26 Å². The van der Waals surface area contributed by atoms with Crippen LogP contribution in [0.2, 0.25) is 0 Å². The summed E-state index contributed by atoms with van der Waals surface area (Å²) in [6, 6.07) is 5.98. The molecule has 0 saturated carbocycles. The maximum atomic E-state index is 8.52. The summed E-state index contributed by atoms with van der Waals surface area (Å²) < 4.78 is 1.81. The second-order valence-electron chi connectivity index (χ2n) is 3.30. The Labute approximate surface area is 87.8 Å². The van der Waals surface area contributed by atoms with Crippen LogP contribution in [-0.2, 0) is 6.42 Å². The van der Waals surface area contributed by atoms with E-state index in [0.717, 1.165) is 17.1 Å². The molecule has 15 heavy (non-hydrogen) atoms. The fourth-order valence-electron chi connectivity index (χ4n) is 1.27. The summed E-state index contributed by atoms with van der Waals surface area (Å²) in [7, 11) is 0. The van der Waals surface area contributed by atoms with E-state index in [1.54, 1.807) is 12.5 Å². The van der Waals surface area contributed by atoms with Gasteiger partial charge >= 0.3 is 0 Å². The topological polar surface area (TPSA) is 54.5 Å². The Balaban J connectivity index is 2.30. The van der Waals surface area contributed by atoms with Crippen LogP contribution in [0.25, 0.3) is 5.82 Å². The van der Waals surface area contributed by atoms with Crippen LogP contribution < -0.4 is 0 Å². The third-order valence-corrected chi connectivity index (χ3v) is 2.06. The van der Waals surface area contributed by atoms with E-state index in [2.05, 4.69) is 16.0 Å². The zero-order valence-corrected chi connectivity index (χ0v) is 8.38. The van der Waals surface area contributed by atoms with Gasteiger partial charge in [-0.3, -0.25) is 4.57 Å². The molecular weight excluding hydrogens is 188 g/mol. The molecule has 2 heterocycles. The summed E-state index contributed by atoms with van der Waals surface area (Å²) in [5, 5.41) is 8.52. The average Bonchev–Trinajstić information content (AvgIpc) is 2.68. The number of pyridine rings is 1. The minimum Gasteiger partial charge on any atom is -0.290 e. The molecule has 0 fully saturated rings. The molecule has 4 nitrogen and oxygen atoms in total. The molecule has 0 radical (unpaired) electrons. The van der Waals surface area contributed by atoms with Crippen molar-refractivity contribution in [3.8, 4) is 11.9 Å². The summed E-state index contributed by atoms with van der Waals surface area (Å²) in [6.45, 7) is 1.99. The fraction of sp³-hybridized carbons (Fsp3) is 0.182. The van der Waals surface area contributed by atoms with Crippen LogP contribution >= 0.6 is 0 Å². The lowest BCUT2D eigenvalue weighted by molar-refractivity contribution is 0.988. The van der Waals surface area contributed by atoms with Gasteiger partial charge in [-0.05, 0) is 18.6 Å². The minimum absolute atomic E-state index is 0.332. The third-order valence-electron chi connectivity index (χ3n) is 2.06. The SMILES string of the molecule is Cc1ccc(-n2cnc(CC#N)c2)nc1. The van der Waals surface area contributed by atoms with Crippen molar-refractivity contribution < 1.29 is 0 Å². The number of rotatable bonds is 2. The molecule has 0 N–H and O–H groups in total. The van der Waals surface area contributed by atoms with Crippen molar-refractivity contribution in [3.05, 3.63) is 42.1 Å². The zero-order chi connectivity index (χ0) is 10.7. The first kappa shape index (κ1) is 9.41. The van der Waals surface area contributed by atoms with E-state index in [1.165, 1.54) is 0 Å². The summed E-state index contributed by atoms with van der Waals surface area (Å²) >= 11 is 0. The van der Waals surface area contributed by atoms with E-state index in [0.29, 0.717) is 6.42 Å². The molecule has 0 atom stereocenters. The highest BCUT2D eigenvalue weighted by Gasteiger charge is 2.00. The lowest BCUT2D eigenvalue weighted by Crippen LogP contribution is -1.93. The molecule has 0 spiro atoms. The van der Waals surface area contributed by atoms with Crippen LogP contribution in [0.1, 0.15) is 11.3 Å². The van der Waals surface area contributed by atoms with Gasteiger partial charge in [-0.2, -0.15) is 5.26 Å². The van der Waals surface area contributed by atoms with E-state index < -0.39 is 0 Å². The largest absolute Gasteiger partial charge is 0.290 e. The van der Waals surface area contributed by atoms with Gasteiger partial charge in [-0.15, -0.1) is 0 Å². The smallest absolute Gasteiger partial charge is 0.137 e. The first-order chi connectivity index (χ1) is 7.29. The predicted molar refractivity (Wildman–Crippen MR) is 55.4 cm³/mol. The number of hydrogen-bond donors (Lipinski definition) is 0. The van der Waals surface area contributed by atoms with Crippen LogP contribution in [0.5, 0.6) is 0 Å². The second-order valence-corrected chi connectivity index (χ2v) is 3.30. The number of aromatic nitrogens is 3. The molecule has 0 aliphatic rings. The minimum atomic E-state index is 0.332. The Hall–Kier alpha value is -2.15. The molecule has 4 heteroatoms. The van der Waals surface area contributed by atoms with Gasteiger partial charge in [-0.1, -0.05) is 6.07 Å². The maximum Gasteiger partial charge on any atom is 0.137 e. The highest BCUT2D eigenvalue weighted by molar-refractivity contribution is 5.25. The Kier molecular flexibility index (Phi) is 2.46. The standard InChI is InChI=1S/C11H10N4/c1-9-2-3-11(13-6-9)15-7-10(4-5-12)14-8-15/h2-3,6-8H,4H2,1H3. The van der Waals surface area contributed by atoms with Crippen LogP contribution in [0.3, 0.4) is 0 Å². The Morgan fingerprint density at radius 3 is 2.93 bits per heavy atom. The molecule has 74 valence electrons. The monoisotopic (exact) mass is 198 g/mol. The van der Waals surface area contributed by atoms with Crippen molar-refractivity contribution in [1.82, 2.24) is 14.5 Å². The van der Waals surface area contributed by atoms with E-state index in [-0.39, 0.29) is 0 Å². The van der Waals surface area contributed by atoms with Crippen LogP contribution in [0, 0.1) is 18.3 Å². The molecule has 0 unspecified atom stereocenters.